The Morgan fingerprint density at radius 3 is 2.27 bits per heavy atom. The largest absolute Gasteiger partial charge is 0.506 e. The number of phenolic OH excluding ortho intramolecular Hbond substituents is 1. The summed E-state index contributed by atoms with van der Waals surface area (Å²) in [5, 5.41) is 12.9. The first-order valence-electron chi connectivity index (χ1n) is 6.55. The van der Waals surface area contributed by atoms with Crippen molar-refractivity contribution in [2.24, 2.45) is 0 Å². The van der Waals surface area contributed by atoms with Crippen molar-refractivity contribution in [1.29, 1.82) is 0 Å². The molecule has 1 aliphatic rings. The zero-order valence-electron chi connectivity index (χ0n) is 11.3. The maximum absolute atomic E-state index is 13.5. The first-order valence-corrected chi connectivity index (χ1v) is 7.34. The summed E-state index contributed by atoms with van der Waals surface area (Å²) in [6, 6.07) is -0.102. The molecule has 1 fully saturated rings. The molecule has 1 aliphatic heterocycles. The molecule has 0 amide bonds. The van der Waals surface area contributed by atoms with Gasteiger partial charge in [-0.3, -0.25) is 4.90 Å². The Hall–Kier alpha value is -0.930. The van der Waals surface area contributed by atoms with Crippen LogP contribution in [0, 0.1) is 0 Å². The second-order valence-corrected chi connectivity index (χ2v) is 5.77. The van der Waals surface area contributed by atoms with E-state index in [2.05, 4.69) is 21.2 Å². The minimum atomic E-state index is -4.82. The standard InChI is InChI=1S/C13H14BrF5N2O/c14-8-2-1-7(13(17,18)19)9(11(8)22)10(12(15)16)21-5-3-20-4-6-21/h1-2,10,12,20,22H,3-6H2/t10-/m1/s1. The van der Waals surface area contributed by atoms with E-state index in [0.717, 1.165) is 6.07 Å². The van der Waals surface area contributed by atoms with Crippen LogP contribution in [0.1, 0.15) is 17.2 Å². The van der Waals surface area contributed by atoms with Crippen molar-refractivity contribution in [1.82, 2.24) is 10.2 Å². The van der Waals surface area contributed by atoms with Crippen LogP contribution >= 0.6 is 15.9 Å². The van der Waals surface area contributed by atoms with Gasteiger partial charge in [-0.1, -0.05) is 0 Å². The fraction of sp³-hybridized carbons (Fsp3) is 0.538. The number of nitrogens with one attached hydrogen (secondary N) is 1. The number of piperazine rings is 1. The second-order valence-electron chi connectivity index (χ2n) is 4.92. The molecule has 1 aromatic carbocycles. The van der Waals surface area contributed by atoms with E-state index in [9.17, 15) is 27.1 Å². The van der Waals surface area contributed by atoms with Gasteiger partial charge in [0.15, 0.2) is 0 Å². The van der Waals surface area contributed by atoms with E-state index in [4.69, 9.17) is 0 Å². The van der Waals surface area contributed by atoms with E-state index in [1.54, 1.807) is 0 Å². The van der Waals surface area contributed by atoms with E-state index < -0.39 is 35.5 Å². The Kier molecular flexibility index (Phi) is 5.29. The lowest BCUT2D eigenvalue weighted by Crippen LogP contribution is -2.47. The molecule has 2 N–H and O–H groups in total. The number of aromatic hydroxyl groups is 1. The van der Waals surface area contributed by atoms with Crippen molar-refractivity contribution in [3.63, 3.8) is 0 Å². The number of hydrogen-bond acceptors (Lipinski definition) is 3. The number of halogens is 6. The molecule has 1 saturated heterocycles. The third kappa shape index (κ3) is 3.52. The number of rotatable bonds is 3. The zero-order chi connectivity index (χ0) is 16.5. The van der Waals surface area contributed by atoms with Crippen molar-refractivity contribution in [2.45, 2.75) is 18.6 Å². The Morgan fingerprint density at radius 1 is 1.18 bits per heavy atom. The van der Waals surface area contributed by atoms with Crippen LogP contribution in [0.2, 0.25) is 0 Å². The summed E-state index contributed by atoms with van der Waals surface area (Å²) < 4.78 is 66.4. The summed E-state index contributed by atoms with van der Waals surface area (Å²) in [5.74, 6) is -0.793. The zero-order valence-corrected chi connectivity index (χ0v) is 12.9. The lowest BCUT2D eigenvalue weighted by molar-refractivity contribution is -0.139. The third-order valence-electron chi connectivity index (χ3n) is 3.55. The maximum atomic E-state index is 13.5. The van der Waals surface area contributed by atoms with Crippen LogP contribution in [0.15, 0.2) is 16.6 Å². The normalized spacial score (nSPS) is 18.7. The van der Waals surface area contributed by atoms with Gasteiger partial charge in [0.25, 0.3) is 6.43 Å². The molecule has 1 atom stereocenters. The van der Waals surface area contributed by atoms with Crippen LogP contribution in [0.5, 0.6) is 5.75 Å². The fourth-order valence-corrected chi connectivity index (χ4v) is 2.90. The van der Waals surface area contributed by atoms with Gasteiger partial charge >= 0.3 is 6.18 Å². The molecule has 0 aliphatic carbocycles. The van der Waals surface area contributed by atoms with Crippen LogP contribution in [0.25, 0.3) is 0 Å². The maximum Gasteiger partial charge on any atom is 0.416 e. The Labute approximate surface area is 132 Å². The van der Waals surface area contributed by atoms with Crippen LogP contribution < -0.4 is 5.32 Å². The summed E-state index contributed by atoms with van der Waals surface area (Å²) in [5.41, 5.74) is -2.02. The molecular weight excluding hydrogens is 375 g/mol. The Morgan fingerprint density at radius 2 is 1.77 bits per heavy atom. The minimum Gasteiger partial charge on any atom is -0.506 e. The highest BCUT2D eigenvalue weighted by molar-refractivity contribution is 9.10. The molecule has 0 aromatic heterocycles. The molecular formula is C13H14BrF5N2O. The highest BCUT2D eigenvalue weighted by Crippen LogP contribution is 2.45. The van der Waals surface area contributed by atoms with Gasteiger partial charge in [-0.25, -0.2) is 8.78 Å². The molecule has 22 heavy (non-hydrogen) atoms. The SMILES string of the molecule is Oc1c(Br)ccc(C(F)(F)F)c1[C@H](C(F)F)N1CCNCC1. The van der Waals surface area contributed by atoms with Gasteiger partial charge in [-0.2, -0.15) is 13.2 Å². The Balaban J connectivity index is 2.57. The quantitative estimate of drug-likeness (QED) is 0.779. The van der Waals surface area contributed by atoms with Gasteiger partial charge in [0.2, 0.25) is 0 Å². The smallest absolute Gasteiger partial charge is 0.416 e. The number of alkyl halides is 5. The molecule has 0 unspecified atom stereocenters. The Bertz CT molecular complexity index is 532. The van der Waals surface area contributed by atoms with Crippen molar-refractivity contribution < 1.29 is 27.1 Å². The second kappa shape index (κ2) is 6.67. The van der Waals surface area contributed by atoms with E-state index in [-0.39, 0.29) is 17.6 Å². The van der Waals surface area contributed by atoms with Gasteiger partial charge in [0.1, 0.15) is 11.8 Å². The van der Waals surface area contributed by atoms with Crippen molar-refractivity contribution in [3.8, 4) is 5.75 Å². The monoisotopic (exact) mass is 388 g/mol. The molecule has 2 rings (SSSR count). The highest BCUT2D eigenvalue weighted by atomic mass is 79.9. The predicted octanol–water partition coefficient (Wildman–Crippen LogP) is 3.38. The molecule has 9 heteroatoms. The van der Waals surface area contributed by atoms with Gasteiger partial charge in [0.05, 0.1) is 10.0 Å². The molecule has 0 saturated carbocycles. The van der Waals surface area contributed by atoms with Gasteiger partial charge in [0, 0.05) is 31.7 Å². The molecule has 1 heterocycles. The lowest BCUT2D eigenvalue weighted by atomic mass is 9.97. The molecule has 1 aromatic rings. The minimum absolute atomic E-state index is 0.0451. The summed E-state index contributed by atoms with van der Waals surface area (Å²) in [7, 11) is 0. The van der Waals surface area contributed by atoms with E-state index in [1.807, 2.05) is 0 Å². The molecule has 0 radical (unpaired) electrons. The summed E-state index contributed by atoms with van der Waals surface area (Å²) >= 11 is 2.90. The van der Waals surface area contributed by atoms with Gasteiger partial charge < -0.3 is 10.4 Å². The first kappa shape index (κ1) is 17.4. The van der Waals surface area contributed by atoms with Gasteiger partial charge in [-0.05, 0) is 28.1 Å². The number of nitrogens with zero attached hydrogens (tertiary/aromatic N) is 1. The van der Waals surface area contributed by atoms with E-state index in [0.29, 0.717) is 19.2 Å². The van der Waals surface area contributed by atoms with Crippen LogP contribution in [0.3, 0.4) is 0 Å². The fourth-order valence-electron chi connectivity index (χ4n) is 2.56. The van der Waals surface area contributed by atoms with Crippen molar-refractivity contribution >= 4 is 15.9 Å². The van der Waals surface area contributed by atoms with Crippen LogP contribution in [-0.2, 0) is 6.18 Å². The number of benzene rings is 1. The average Bonchev–Trinajstić information content (AvgIpc) is 2.43. The van der Waals surface area contributed by atoms with Crippen LogP contribution in [0.4, 0.5) is 22.0 Å². The number of phenols is 1. The van der Waals surface area contributed by atoms with Gasteiger partial charge in [-0.15, -0.1) is 0 Å². The number of hydrogen-bond donors (Lipinski definition) is 2. The highest BCUT2D eigenvalue weighted by Gasteiger charge is 2.42. The first-order chi connectivity index (χ1) is 10.2. The molecule has 0 bridgehead atoms. The molecule has 0 spiro atoms. The van der Waals surface area contributed by atoms with E-state index in [1.165, 1.54) is 4.90 Å². The predicted molar refractivity (Wildman–Crippen MR) is 74.0 cm³/mol. The molecule has 124 valence electrons. The lowest BCUT2D eigenvalue weighted by Gasteiger charge is -2.36. The summed E-state index contributed by atoms with van der Waals surface area (Å²) in [6.45, 7) is 1.16. The summed E-state index contributed by atoms with van der Waals surface area (Å²) in [4.78, 5) is 1.26. The summed E-state index contributed by atoms with van der Waals surface area (Å²) in [6.07, 6.45) is -7.88. The van der Waals surface area contributed by atoms with Crippen molar-refractivity contribution in [3.05, 3.63) is 27.7 Å². The average molecular weight is 389 g/mol. The molecule has 3 nitrogen and oxygen atoms in total. The van der Waals surface area contributed by atoms with Crippen LogP contribution in [-0.4, -0.2) is 42.6 Å². The topological polar surface area (TPSA) is 35.5 Å². The van der Waals surface area contributed by atoms with E-state index >= 15 is 0 Å². The third-order valence-corrected chi connectivity index (χ3v) is 4.19. The van der Waals surface area contributed by atoms with Crippen molar-refractivity contribution in [2.75, 3.05) is 26.2 Å².